The Balaban J connectivity index is 2.31. The van der Waals surface area contributed by atoms with Crippen LogP contribution in [0.15, 0.2) is 35.4 Å². The number of hydrogen-bond acceptors (Lipinski definition) is 4. The average Bonchev–Trinajstić information content (AvgIpc) is 2.34. The Bertz CT molecular complexity index is 658. The number of nitrogens with zero attached hydrogens (tertiary/aromatic N) is 2. The molecule has 7 heteroatoms. The fourth-order valence-corrected chi connectivity index (χ4v) is 1.67. The minimum absolute atomic E-state index is 0.0414. The zero-order chi connectivity index (χ0) is 14.0. The SMILES string of the molecule is Cc1cc(=O)n(Cc2ccc(B(O)O)cc2F)cn1. The van der Waals surface area contributed by atoms with Gasteiger partial charge in [0.1, 0.15) is 5.82 Å². The molecule has 0 spiro atoms. The van der Waals surface area contributed by atoms with Gasteiger partial charge in [0.05, 0.1) is 12.9 Å². The maximum atomic E-state index is 13.7. The first-order valence-corrected chi connectivity index (χ1v) is 5.65. The molecule has 0 atom stereocenters. The first kappa shape index (κ1) is 13.4. The molecule has 1 aromatic carbocycles. The summed E-state index contributed by atoms with van der Waals surface area (Å²) in [4.78, 5) is 15.6. The number of hydrogen-bond donors (Lipinski definition) is 2. The van der Waals surface area contributed by atoms with Gasteiger partial charge in [-0.15, -0.1) is 0 Å². The predicted molar refractivity (Wildman–Crippen MR) is 68.6 cm³/mol. The van der Waals surface area contributed by atoms with Gasteiger partial charge in [0.15, 0.2) is 0 Å². The van der Waals surface area contributed by atoms with Gasteiger partial charge in [-0.2, -0.15) is 0 Å². The molecule has 1 heterocycles. The Labute approximate surface area is 109 Å². The third-order valence-corrected chi connectivity index (χ3v) is 2.73. The van der Waals surface area contributed by atoms with Crippen molar-refractivity contribution in [2.45, 2.75) is 13.5 Å². The molecule has 0 saturated carbocycles. The summed E-state index contributed by atoms with van der Waals surface area (Å²) in [5.41, 5.74) is 0.673. The summed E-state index contributed by atoms with van der Waals surface area (Å²) < 4.78 is 15.0. The first-order chi connectivity index (χ1) is 8.97. The topological polar surface area (TPSA) is 75.4 Å². The number of halogens is 1. The molecule has 0 saturated heterocycles. The van der Waals surface area contributed by atoms with Crippen LogP contribution < -0.4 is 11.0 Å². The molecule has 0 amide bonds. The lowest BCUT2D eigenvalue weighted by molar-refractivity contribution is 0.425. The van der Waals surface area contributed by atoms with Crippen molar-refractivity contribution >= 4 is 12.6 Å². The van der Waals surface area contributed by atoms with Crippen molar-refractivity contribution in [2.24, 2.45) is 0 Å². The van der Waals surface area contributed by atoms with E-state index in [0.717, 1.165) is 6.07 Å². The highest BCUT2D eigenvalue weighted by Gasteiger charge is 2.13. The van der Waals surface area contributed by atoms with Gasteiger partial charge >= 0.3 is 7.12 Å². The van der Waals surface area contributed by atoms with Crippen molar-refractivity contribution in [3.05, 3.63) is 58.0 Å². The fourth-order valence-electron chi connectivity index (χ4n) is 1.67. The van der Waals surface area contributed by atoms with Gasteiger partial charge in [-0.25, -0.2) is 9.37 Å². The van der Waals surface area contributed by atoms with Crippen molar-refractivity contribution in [2.75, 3.05) is 0 Å². The monoisotopic (exact) mass is 262 g/mol. The summed E-state index contributed by atoms with van der Waals surface area (Å²) in [6.07, 6.45) is 1.35. The van der Waals surface area contributed by atoms with Crippen LogP contribution in [0.1, 0.15) is 11.3 Å². The molecule has 1 aromatic heterocycles. The van der Waals surface area contributed by atoms with Crippen LogP contribution in [0.25, 0.3) is 0 Å². The van der Waals surface area contributed by atoms with Gasteiger partial charge in [0.25, 0.3) is 5.56 Å². The third-order valence-electron chi connectivity index (χ3n) is 2.73. The Morgan fingerprint density at radius 3 is 2.68 bits per heavy atom. The van der Waals surface area contributed by atoms with E-state index in [1.165, 1.54) is 29.1 Å². The molecule has 0 aliphatic heterocycles. The molecule has 0 aliphatic carbocycles. The molecule has 2 N–H and O–H groups in total. The summed E-state index contributed by atoms with van der Waals surface area (Å²) in [6, 6.07) is 5.21. The molecule has 0 unspecified atom stereocenters. The first-order valence-electron chi connectivity index (χ1n) is 5.65. The number of aromatic nitrogens is 2. The van der Waals surface area contributed by atoms with E-state index in [1.54, 1.807) is 6.92 Å². The van der Waals surface area contributed by atoms with E-state index in [1.807, 2.05) is 0 Å². The lowest BCUT2D eigenvalue weighted by atomic mass is 9.80. The van der Waals surface area contributed by atoms with E-state index < -0.39 is 12.9 Å². The standard InChI is InChI=1S/C12H12BFN2O3/c1-8-4-12(17)16(7-15-8)6-9-2-3-10(13(18)19)5-11(9)14/h2-5,7,18-19H,6H2,1H3. The second-order valence-corrected chi connectivity index (χ2v) is 4.22. The van der Waals surface area contributed by atoms with E-state index in [2.05, 4.69) is 4.98 Å². The molecule has 2 rings (SSSR count). The molecule has 98 valence electrons. The summed E-state index contributed by atoms with van der Waals surface area (Å²) in [5.74, 6) is -0.599. The summed E-state index contributed by atoms with van der Waals surface area (Å²) in [5, 5.41) is 17.9. The maximum Gasteiger partial charge on any atom is 0.488 e. The maximum absolute atomic E-state index is 13.7. The van der Waals surface area contributed by atoms with Gasteiger partial charge in [-0.1, -0.05) is 12.1 Å². The van der Waals surface area contributed by atoms with Crippen molar-refractivity contribution in [1.82, 2.24) is 9.55 Å². The second-order valence-electron chi connectivity index (χ2n) is 4.22. The van der Waals surface area contributed by atoms with E-state index >= 15 is 0 Å². The number of benzene rings is 1. The zero-order valence-electron chi connectivity index (χ0n) is 10.2. The van der Waals surface area contributed by atoms with Crippen LogP contribution >= 0.6 is 0 Å². The van der Waals surface area contributed by atoms with Crippen LogP contribution in [-0.4, -0.2) is 26.7 Å². The third kappa shape index (κ3) is 3.07. The highest BCUT2D eigenvalue weighted by Crippen LogP contribution is 2.06. The second kappa shape index (κ2) is 5.33. The zero-order valence-corrected chi connectivity index (χ0v) is 10.2. The molecular formula is C12H12BFN2O3. The minimum atomic E-state index is -1.72. The normalized spacial score (nSPS) is 10.5. The summed E-state index contributed by atoms with van der Waals surface area (Å²) in [6.45, 7) is 1.74. The molecule has 19 heavy (non-hydrogen) atoms. The van der Waals surface area contributed by atoms with Crippen LogP contribution in [0.4, 0.5) is 4.39 Å². The Morgan fingerprint density at radius 1 is 1.37 bits per heavy atom. The fraction of sp³-hybridized carbons (Fsp3) is 0.167. The van der Waals surface area contributed by atoms with Crippen molar-refractivity contribution in [1.29, 1.82) is 0 Å². The van der Waals surface area contributed by atoms with Gasteiger partial charge < -0.3 is 10.0 Å². The van der Waals surface area contributed by atoms with Gasteiger partial charge in [0, 0.05) is 17.3 Å². The van der Waals surface area contributed by atoms with Crippen LogP contribution in [0.5, 0.6) is 0 Å². The Kier molecular flexibility index (Phi) is 3.78. The van der Waals surface area contributed by atoms with Crippen LogP contribution in [0, 0.1) is 12.7 Å². The van der Waals surface area contributed by atoms with Crippen molar-refractivity contribution < 1.29 is 14.4 Å². The molecule has 0 bridgehead atoms. The highest BCUT2D eigenvalue weighted by atomic mass is 19.1. The molecule has 0 aliphatic rings. The van der Waals surface area contributed by atoms with Crippen molar-refractivity contribution in [3.8, 4) is 0 Å². The predicted octanol–water partition coefficient (Wildman–Crippen LogP) is -0.581. The minimum Gasteiger partial charge on any atom is -0.423 e. The summed E-state index contributed by atoms with van der Waals surface area (Å²) in [7, 11) is -1.72. The quantitative estimate of drug-likeness (QED) is 0.725. The van der Waals surface area contributed by atoms with E-state index in [0.29, 0.717) is 5.69 Å². The number of aryl methyl sites for hydroxylation is 1. The smallest absolute Gasteiger partial charge is 0.423 e. The lowest BCUT2D eigenvalue weighted by Gasteiger charge is -2.08. The molecule has 2 aromatic rings. The lowest BCUT2D eigenvalue weighted by Crippen LogP contribution is -2.30. The van der Waals surface area contributed by atoms with Gasteiger partial charge in [-0.05, 0) is 18.5 Å². The van der Waals surface area contributed by atoms with E-state index in [9.17, 15) is 9.18 Å². The van der Waals surface area contributed by atoms with Crippen LogP contribution in [0.2, 0.25) is 0 Å². The Hall–Kier alpha value is -1.99. The molecular weight excluding hydrogens is 250 g/mol. The highest BCUT2D eigenvalue weighted by molar-refractivity contribution is 6.58. The molecule has 5 nitrogen and oxygen atoms in total. The van der Waals surface area contributed by atoms with Gasteiger partial charge in [0.2, 0.25) is 0 Å². The van der Waals surface area contributed by atoms with Crippen LogP contribution in [0.3, 0.4) is 0 Å². The Morgan fingerprint density at radius 2 is 2.11 bits per heavy atom. The molecule has 0 fully saturated rings. The van der Waals surface area contributed by atoms with Gasteiger partial charge in [-0.3, -0.25) is 9.36 Å². The van der Waals surface area contributed by atoms with Crippen molar-refractivity contribution in [3.63, 3.8) is 0 Å². The molecule has 0 radical (unpaired) electrons. The number of rotatable bonds is 3. The summed E-state index contributed by atoms with van der Waals surface area (Å²) >= 11 is 0. The van der Waals surface area contributed by atoms with Crippen LogP contribution in [-0.2, 0) is 6.54 Å². The van der Waals surface area contributed by atoms with E-state index in [-0.39, 0.29) is 23.1 Å². The average molecular weight is 262 g/mol. The largest absolute Gasteiger partial charge is 0.488 e. The van der Waals surface area contributed by atoms with E-state index in [4.69, 9.17) is 10.0 Å².